The third-order valence-electron chi connectivity index (χ3n) is 3.24. The normalized spacial score (nSPS) is 10.9. The first kappa shape index (κ1) is 19.6. The van der Waals surface area contributed by atoms with Gasteiger partial charge in [0.25, 0.3) is 5.91 Å². The zero-order valence-corrected chi connectivity index (χ0v) is 14.2. The Morgan fingerprint density at radius 3 is 2.07 bits per heavy atom. The van der Waals surface area contributed by atoms with E-state index in [0.29, 0.717) is 16.9 Å². The summed E-state index contributed by atoms with van der Waals surface area (Å²) in [6, 6.07) is 13.7. The molecule has 6 nitrogen and oxygen atoms in total. The molecule has 0 spiro atoms. The average Bonchev–Trinajstić information content (AvgIpc) is 2.61. The molecule has 0 unspecified atom stereocenters. The summed E-state index contributed by atoms with van der Waals surface area (Å²) >= 11 is 0. The highest BCUT2D eigenvalue weighted by molar-refractivity contribution is 6.09. The molecule has 2 aromatic carbocycles. The van der Waals surface area contributed by atoms with Crippen LogP contribution in [0.15, 0.2) is 54.1 Å². The molecule has 0 saturated heterocycles. The molecule has 0 saturated carbocycles. The van der Waals surface area contributed by atoms with Gasteiger partial charge in [-0.3, -0.25) is 9.59 Å². The van der Waals surface area contributed by atoms with Crippen molar-refractivity contribution >= 4 is 29.3 Å². The van der Waals surface area contributed by atoms with Gasteiger partial charge in [0, 0.05) is 18.3 Å². The number of benzene rings is 2. The number of nitriles is 1. The molecule has 8 heteroatoms. The third-order valence-corrected chi connectivity index (χ3v) is 3.24. The first-order valence-electron chi connectivity index (χ1n) is 7.73. The summed E-state index contributed by atoms with van der Waals surface area (Å²) < 4.78 is 28.5. The minimum Gasteiger partial charge on any atom is -0.435 e. The van der Waals surface area contributed by atoms with Gasteiger partial charge in [-0.25, -0.2) is 0 Å². The lowest BCUT2D eigenvalue weighted by Crippen LogP contribution is -2.13. The number of alkyl halides is 2. The molecule has 0 heterocycles. The highest BCUT2D eigenvalue weighted by Crippen LogP contribution is 2.18. The van der Waals surface area contributed by atoms with Gasteiger partial charge in [-0.15, -0.1) is 0 Å². The lowest BCUT2D eigenvalue weighted by atomic mass is 10.1. The number of halogens is 2. The number of carbonyl (C=O) groups is 2. The Kier molecular flexibility index (Phi) is 6.61. The number of hydrogen-bond acceptors (Lipinski definition) is 4. The highest BCUT2D eigenvalue weighted by atomic mass is 19.3. The van der Waals surface area contributed by atoms with Crippen LogP contribution in [0.1, 0.15) is 12.5 Å². The number of anilines is 2. The fraction of sp³-hybridized carbons (Fsp3) is 0.105. The second-order valence-corrected chi connectivity index (χ2v) is 5.33. The molecule has 0 fully saturated rings. The molecule has 138 valence electrons. The van der Waals surface area contributed by atoms with Crippen LogP contribution >= 0.6 is 0 Å². The van der Waals surface area contributed by atoms with Gasteiger partial charge in [0.15, 0.2) is 0 Å². The predicted octanol–water partition coefficient (Wildman–Crippen LogP) is 3.79. The topological polar surface area (TPSA) is 91.2 Å². The molecule has 27 heavy (non-hydrogen) atoms. The second kappa shape index (κ2) is 9.10. The van der Waals surface area contributed by atoms with Crippen LogP contribution in [-0.4, -0.2) is 18.4 Å². The second-order valence-electron chi connectivity index (χ2n) is 5.33. The maximum atomic E-state index is 12.2. The van der Waals surface area contributed by atoms with Crippen LogP contribution in [0, 0.1) is 11.3 Å². The SMILES string of the molecule is CC(=O)Nc1ccc(NC(=O)/C(C#N)=C/c2ccc(OC(F)F)cc2)cc1. The van der Waals surface area contributed by atoms with Crippen molar-refractivity contribution in [3.8, 4) is 11.8 Å². The van der Waals surface area contributed by atoms with Gasteiger partial charge >= 0.3 is 6.61 Å². The minimum absolute atomic E-state index is 0.0237. The Morgan fingerprint density at radius 2 is 1.59 bits per heavy atom. The van der Waals surface area contributed by atoms with Crippen molar-refractivity contribution in [2.75, 3.05) is 10.6 Å². The highest BCUT2D eigenvalue weighted by Gasteiger charge is 2.10. The Morgan fingerprint density at radius 1 is 1.04 bits per heavy atom. The largest absolute Gasteiger partial charge is 0.435 e. The minimum atomic E-state index is -2.93. The quantitative estimate of drug-likeness (QED) is 0.597. The Balaban J connectivity index is 2.07. The molecule has 0 aliphatic carbocycles. The molecule has 0 bridgehead atoms. The van der Waals surface area contributed by atoms with E-state index in [0.717, 1.165) is 0 Å². The van der Waals surface area contributed by atoms with Crippen molar-refractivity contribution in [3.05, 3.63) is 59.7 Å². The Bertz CT molecular complexity index is 886. The molecule has 0 atom stereocenters. The van der Waals surface area contributed by atoms with E-state index < -0.39 is 12.5 Å². The van der Waals surface area contributed by atoms with Crippen molar-refractivity contribution in [2.45, 2.75) is 13.5 Å². The van der Waals surface area contributed by atoms with E-state index in [1.807, 2.05) is 0 Å². The van der Waals surface area contributed by atoms with E-state index in [9.17, 15) is 23.6 Å². The van der Waals surface area contributed by atoms with E-state index >= 15 is 0 Å². The van der Waals surface area contributed by atoms with Gasteiger partial charge in [0.1, 0.15) is 17.4 Å². The van der Waals surface area contributed by atoms with Crippen molar-refractivity contribution in [3.63, 3.8) is 0 Å². The summed E-state index contributed by atoms with van der Waals surface area (Å²) in [5.41, 5.74) is 1.33. The summed E-state index contributed by atoms with van der Waals surface area (Å²) in [4.78, 5) is 23.2. The van der Waals surface area contributed by atoms with E-state index in [1.165, 1.54) is 37.3 Å². The van der Waals surface area contributed by atoms with Crippen molar-refractivity contribution in [1.29, 1.82) is 5.26 Å². The number of rotatable bonds is 6. The average molecular weight is 371 g/mol. The Labute approximate surface area is 154 Å². The zero-order chi connectivity index (χ0) is 19.8. The van der Waals surface area contributed by atoms with Crippen LogP contribution in [0.4, 0.5) is 20.2 Å². The molecular weight excluding hydrogens is 356 g/mol. The van der Waals surface area contributed by atoms with Gasteiger partial charge in [0.2, 0.25) is 5.91 Å². The fourth-order valence-electron chi connectivity index (χ4n) is 2.10. The molecule has 2 N–H and O–H groups in total. The van der Waals surface area contributed by atoms with Crippen LogP contribution in [0.3, 0.4) is 0 Å². The number of carbonyl (C=O) groups excluding carboxylic acids is 2. The Hall–Kier alpha value is -3.73. The maximum absolute atomic E-state index is 12.2. The number of amides is 2. The standard InChI is InChI=1S/C19H15F2N3O3/c1-12(25)23-15-4-6-16(7-5-15)24-18(26)14(11-22)10-13-2-8-17(9-3-13)27-19(20)21/h2-10,19H,1H3,(H,23,25)(H,24,26)/b14-10+. The van der Waals surface area contributed by atoms with Crippen LogP contribution in [0.2, 0.25) is 0 Å². The third kappa shape index (κ3) is 6.25. The lowest BCUT2D eigenvalue weighted by Gasteiger charge is -2.07. The first-order chi connectivity index (χ1) is 12.9. The molecule has 2 rings (SSSR count). The van der Waals surface area contributed by atoms with Gasteiger partial charge in [0.05, 0.1) is 0 Å². The smallest absolute Gasteiger partial charge is 0.387 e. The van der Waals surface area contributed by atoms with Gasteiger partial charge in [-0.1, -0.05) is 12.1 Å². The summed E-state index contributed by atoms with van der Waals surface area (Å²) in [6.07, 6.45) is 1.33. The lowest BCUT2D eigenvalue weighted by molar-refractivity contribution is -0.114. The molecule has 2 aromatic rings. The number of ether oxygens (including phenoxy) is 1. The molecule has 2 amide bonds. The van der Waals surface area contributed by atoms with Crippen LogP contribution in [0.25, 0.3) is 6.08 Å². The number of hydrogen-bond donors (Lipinski definition) is 2. The van der Waals surface area contributed by atoms with Crippen LogP contribution in [0.5, 0.6) is 5.75 Å². The summed E-state index contributed by atoms with van der Waals surface area (Å²) in [5.74, 6) is -0.867. The van der Waals surface area contributed by atoms with Crippen molar-refractivity contribution in [1.82, 2.24) is 0 Å². The van der Waals surface area contributed by atoms with E-state index in [4.69, 9.17) is 0 Å². The maximum Gasteiger partial charge on any atom is 0.387 e. The number of nitrogens with zero attached hydrogens (tertiary/aromatic N) is 1. The van der Waals surface area contributed by atoms with Crippen molar-refractivity contribution in [2.24, 2.45) is 0 Å². The molecule has 0 aliphatic heterocycles. The molecular formula is C19H15F2N3O3. The fourth-order valence-corrected chi connectivity index (χ4v) is 2.10. The van der Waals surface area contributed by atoms with E-state index in [-0.39, 0.29) is 17.2 Å². The van der Waals surface area contributed by atoms with Gasteiger partial charge in [-0.05, 0) is 48.0 Å². The number of nitrogens with one attached hydrogen (secondary N) is 2. The van der Waals surface area contributed by atoms with Crippen LogP contribution < -0.4 is 15.4 Å². The molecule has 0 radical (unpaired) electrons. The first-order valence-corrected chi connectivity index (χ1v) is 7.73. The van der Waals surface area contributed by atoms with E-state index in [2.05, 4.69) is 15.4 Å². The van der Waals surface area contributed by atoms with Crippen LogP contribution in [-0.2, 0) is 9.59 Å². The summed E-state index contributed by atoms with van der Waals surface area (Å²) in [7, 11) is 0. The summed E-state index contributed by atoms with van der Waals surface area (Å²) in [5, 5.41) is 14.4. The molecule has 0 aromatic heterocycles. The predicted molar refractivity (Wildman–Crippen MR) is 96.0 cm³/mol. The zero-order valence-electron chi connectivity index (χ0n) is 14.2. The summed E-state index contributed by atoms with van der Waals surface area (Å²) in [6.45, 7) is -1.55. The van der Waals surface area contributed by atoms with Gasteiger partial charge < -0.3 is 15.4 Å². The van der Waals surface area contributed by atoms with Crippen molar-refractivity contribution < 1.29 is 23.1 Å². The van der Waals surface area contributed by atoms with Gasteiger partial charge in [-0.2, -0.15) is 14.0 Å². The molecule has 0 aliphatic rings. The van der Waals surface area contributed by atoms with E-state index in [1.54, 1.807) is 30.3 Å². The monoisotopic (exact) mass is 371 g/mol.